The molecule has 3 aromatic carbocycles. The number of carbonyl (C=O) groups excluding carboxylic acids is 2. The summed E-state index contributed by atoms with van der Waals surface area (Å²) in [6.07, 6.45) is -3.17. The number of anilines is 1. The molecule has 4 aromatic rings. The van der Waals surface area contributed by atoms with E-state index in [-0.39, 0.29) is 35.7 Å². The van der Waals surface area contributed by atoms with Gasteiger partial charge in [0.15, 0.2) is 5.75 Å². The first-order valence-corrected chi connectivity index (χ1v) is 15.7. The van der Waals surface area contributed by atoms with Gasteiger partial charge in [-0.05, 0) is 55.9 Å². The number of rotatable bonds is 9. The molecule has 46 heavy (non-hydrogen) atoms. The van der Waals surface area contributed by atoms with Crippen molar-refractivity contribution >= 4 is 28.8 Å². The van der Waals surface area contributed by atoms with Crippen molar-refractivity contribution in [2.75, 3.05) is 32.1 Å². The van der Waals surface area contributed by atoms with Crippen LogP contribution in [0.15, 0.2) is 78.3 Å². The predicted molar refractivity (Wildman–Crippen MR) is 171 cm³/mol. The van der Waals surface area contributed by atoms with Gasteiger partial charge in [0.25, 0.3) is 11.8 Å². The number of nitrogens with one attached hydrogen (secondary N) is 1. The minimum Gasteiger partial charge on any atom is -0.486 e. The summed E-state index contributed by atoms with van der Waals surface area (Å²) in [5, 5.41) is 15.6. The summed E-state index contributed by atoms with van der Waals surface area (Å²) < 4.78 is 45.7. The van der Waals surface area contributed by atoms with Crippen molar-refractivity contribution in [2.24, 2.45) is 5.92 Å². The fourth-order valence-electron chi connectivity index (χ4n) is 5.37. The van der Waals surface area contributed by atoms with E-state index in [1.165, 1.54) is 23.5 Å². The van der Waals surface area contributed by atoms with Crippen LogP contribution in [0.1, 0.15) is 45.7 Å². The average Bonchev–Trinajstić information content (AvgIpc) is 3.58. The van der Waals surface area contributed by atoms with Crippen LogP contribution >= 0.6 is 11.3 Å². The smallest absolute Gasteiger partial charge is 0.416 e. The Balaban J connectivity index is 1.40. The van der Waals surface area contributed by atoms with Gasteiger partial charge < -0.3 is 20.1 Å². The van der Waals surface area contributed by atoms with Crippen molar-refractivity contribution in [1.82, 2.24) is 14.8 Å². The van der Waals surface area contributed by atoms with Gasteiger partial charge in [0, 0.05) is 48.3 Å². The largest absolute Gasteiger partial charge is 0.486 e. The molecule has 1 aliphatic heterocycles. The molecular weight excluding hydrogens is 617 g/mol. The molecule has 0 saturated carbocycles. The quantitative estimate of drug-likeness (QED) is 0.216. The molecule has 0 bridgehead atoms. The molecule has 2 heterocycles. The van der Waals surface area contributed by atoms with Gasteiger partial charge in [-0.15, -0.1) is 11.3 Å². The summed E-state index contributed by atoms with van der Waals surface area (Å²) in [4.78, 5) is 35.0. The number of fused-ring (bicyclic) bond motifs is 1. The van der Waals surface area contributed by atoms with Crippen molar-refractivity contribution in [2.45, 2.75) is 38.7 Å². The highest BCUT2D eigenvalue weighted by atomic mass is 32.1. The van der Waals surface area contributed by atoms with Crippen LogP contribution in [0.25, 0.3) is 10.6 Å². The van der Waals surface area contributed by atoms with E-state index >= 15 is 0 Å². The lowest BCUT2D eigenvalue weighted by atomic mass is 9.98. The molecule has 1 aromatic heterocycles. The normalized spacial score (nSPS) is 17.6. The lowest BCUT2D eigenvalue weighted by Gasteiger charge is -2.38. The fourth-order valence-corrected chi connectivity index (χ4v) is 6.01. The molecule has 0 unspecified atom stereocenters. The number of aliphatic hydroxyl groups excluding tert-OH is 1. The van der Waals surface area contributed by atoms with Crippen LogP contribution in [0, 0.1) is 5.92 Å². The standard InChI is InChI=1S/C34H35F3N4O4S/c1-21-17-41(22(2)20-42)33(44)27-5-4-6-28(39-31(43)24-9-11-25(12-10-24)32-38-15-16-46-32)30(27)45-29(21)19-40(3)18-23-7-13-26(14-8-23)34(35,36)37/h4-16,21-22,29,42H,17-20H2,1-3H3,(H,39,43)/t21-,22-,29-/m0/s1. The van der Waals surface area contributed by atoms with Gasteiger partial charge in [0.2, 0.25) is 0 Å². The number of para-hydroxylation sites is 1. The Labute approximate surface area is 269 Å². The van der Waals surface area contributed by atoms with E-state index in [1.807, 2.05) is 36.4 Å². The molecule has 2 amide bonds. The van der Waals surface area contributed by atoms with Crippen LogP contribution in [0.2, 0.25) is 0 Å². The third kappa shape index (κ3) is 7.57. The zero-order valence-corrected chi connectivity index (χ0v) is 26.4. The molecular formula is C34H35F3N4O4S. The number of carbonyl (C=O) groups is 2. The Morgan fingerprint density at radius 2 is 1.87 bits per heavy atom. The van der Waals surface area contributed by atoms with Gasteiger partial charge in [0.05, 0.1) is 29.5 Å². The lowest BCUT2D eigenvalue weighted by Crippen LogP contribution is -2.49. The summed E-state index contributed by atoms with van der Waals surface area (Å²) in [5.41, 5.74) is 1.86. The number of aromatic nitrogens is 1. The molecule has 0 aliphatic carbocycles. The third-order valence-electron chi connectivity index (χ3n) is 7.99. The van der Waals surface area contributed by atoms with Gasteiger partial charge in [-0.2, -0.15) is 13.2 Å². The Morgan fingerprint density at radius 1 is 1.15 bits per heavy atom. The molecule has 0 radical (unpaired) electrons. The van der Waals surface area contributed by atoms with Crippen molar-refractivity contribution in [1.29, 1.82) is 0 Å². The number of alkyl halides is 3. The summed E-state index contributed by atoms with van der Waals surface area (Å²) in [5.74, 6) is -0.705. The number of hydrogen-bond donors (Lipinski definition) is 2. The van der Waals surface area contributed by atoms with E-state index in [9.17, 15) is 27.9 Å². The summed E-state index contributed by atoms with van der Waals surface area (Å²) >= 11 is 1.50. The Morgan fingerprint density at radius 3 is 2.50 bits per heavy atom. The number of thiazole rings is 1. The number of nitrogens with zero attached hydrogens (tertiary/aromatic N) is 3. The summed E-state index contributed by atoms with van der Waals surface area (Å²) in [6.45, 7) is 4.51. The van der Waals surface area contributed by atoms with E-state index in [4.69, 9.17) is 4.74 Å². The SMILES string of the molecule is C[C@H]1CN([C@@H](C)CO)C(=O)c2cccc(NC(=O)c3ccc(-c4nccs4)cc3)c2O[C@H]1CN(C)Cc1ccc(C(F)(F)F)cc1. The van der Waals surface area contributed by atoms with Crippen LogP contribution in [0.4, 0.5) is 18.9 Å². The van der Waals surface area contributed by atoms with Gasteiger partial charge in [0.1, 0.15) is 11.1 Å². The molecule has 5 rings (SSSR count). The van der Waals surface area contributed by atoms with E-state index in [0.717, 1.165) is 22.7 Å². The van der Waals surface area contributed by atoms with E-state index in [1.54, 1.807) is 48.4 Å². The minimum absolute atomic E-state index is 0.205. The maximum atomic E-state index is 13.8. The monoisotopic (exact) mass is 652 g/mol. The molecule has 0 saturated heterocycles. The second kappa shape index (κ2) is 14.0. The zero-order valence-electron chi connectivity index (χ0n) is 25.6. The summed E-state index contributed by atoms with van der Waals surface area (Å²) in [6, 6.07) is 16.6. The van der Waals surface area contributed by atoms with Crippen molar-refractivity contribution in [3.8, 4) is 16.3 Å². The molecule has 1 aliphatic rings. The molecule has 2 N–H and O–H groups in total. The topological polar surface area (TPSA) is 95.0 Å². The number of hydrogen-bond acceptors (Lipinski definition) is 7. The number of benzene rings is 3. The molecule has 0 spiro atoms. The first-order valence-electron chi connectivity index (χ1n) is 14.8. The molecule has 12 heteroatoms. The number of likely N-dealkylation sites (N-methyl/N-ethyl adjacent to an activating group) is 1. The number of aliphatic hydroxyl groups is 1. The number of halogens is 3. The first kappa shape index (κ1) is 33.1. The molecule has 0 fully saturated rings. The van der Waals surface area contributed by atoms with Gasteiger partial charge in [-0.1, -0.05) is 37.3 Å². The van der Waals surface area contributed by atoms with Crippen LogP contribution < -0.4 is 10.1 Å². The van der Waals surface area contributed by atoms with Crippen LogP contribution in [-0.2, 0) is 12.7 Å². The Bertz CT molecular complexity index is 1650. The van der Waals surface area contributed by atoms with Gasteiger partial charge in [-0.3, -0.25) is 14.5 Å². The van der Waals surface area contributed by atoms with E-state index in [0.29, 0.717) is 36.4 Å². The Kier molecular flexibility index (Phi) is 10.1. The molecule has 3 atom stereocenters. The second-order valence-corrected chi connectivity index (χ2v) is 12.5. The molecule has 8 nitrogen and oxygen atoms in total. The van der Waals surface area contributed by atoms with Crippen molar-refractivity contribution < 1.29 is 32.6 Å². The lowest BCUT2D eigenvalue weighted by molar-refractivity contribution is -0.137. The number of ether oxygens (including phenoxy) is 1. The minimum atomic E-state index is -4.41. The van der Waals surface area contributed by atoms with E-state index in [2.05, 4.69) is 10.3 Å². The van der Waals surface area contributed by atoms with Crippen LogP contribution in [0.3, 0.4) is 0 Å². The van der Waals surface area contributed by atoms with Crippen LogP contribution in [-0.4, -0.2) is 70.6 Å². The fraction of sp³-hybridized carbons (Fsp3) is 0.324. The third-order valence-corrected chi connectivity index (χ3v) is 8.81. The molecule has 242 valence electrons. The zero-order chi connectivity index (χ0) is 33.0. The van der Waals surface area contributed by atoms with E-state index < -0.39 is 23.9 Å². The maximum absolute atomic E-state index is 13.8. The summed E-state index contributed by atoms with van der Waals surface area (Å²) in [7, 11) is 1.84. The highest BCUT2D eigenvalue weighted by molar-refractivity contribution is 7.13. The van der Waals surface area contributed by atoms with Crippen molar-refractivity contribution in [3.63, 3.8) is 0 Å². The van der Waals surface area contributed by atoms with Crippen LogP contribution in [0.5, 0.6) is 5.75 Å². The number of amides is 2. The average molecular weight is 653 g/mol. The predicted octanol–water partition coefficient (Wildman–Crippen LogP) is 6.43. The first-order chi connectivity index (χ1) is 21.9. The highest BCUT2D eigenvalue weighted by Crippen LogP contribution is 2.36. The second-order valence-electron chi connectivity index (χ2n) is 11.6. The van der Waals surface area contributed by atoms with Gasteiger partial charge in [-0.25, -0.2) is 4.98 Å². The van der Waals surface area contributed by atoms with Crippen molar-refractivity contribution in [3.05, 3.63) is 101 Å². The maximum Gasteiger partial charge on any atom is 0.416 e. The van der Waals surface area contributed by atoms with Gasteiger partial charge >= 0.3 is 6.18 Å². The highest BCUT2D eigenvalue weighted by Gasteiger charge is 2.35. The Hall–Kier alpha value is -4.26.